The van der Waals surface area contributed by atoms with Crippen molar-refractivity contribution in [1.29, 1.82) is 0 Å². The van der Waals surface area contributed by atoms with Crippen LogP contribution in [0.5, 0.6) is 0 Å². The Morgan fingerprint density at radius 3 is 2.67 bits per heavy atom. The van der Waals surface area contributed by atoms with E-state index in [0.717, 1.165) is 39.2 Å². The molecule has 0 radical (unpaired) electrons. The van der Waals surface area contributed by atoms with Gasteiger partial charge in [0, 0.05) is 24.1 Å². The molecule has 0 amide bonds. The third-order valence-electron chi connectivity index (χ3n) is 6.44. The van der Waals surface area contributed by atoms with Gasteiger partial charge in [0.25, 0.3) is 0 Å². The first-order chi connectivity index (χ1) is 15.9. The van der Waals surface area contributed by atoms with Gasteiger partial charge in [-0.2, -0.15) is 0 Å². The van der Waals surface area contributed by atoms with E-state index in [1.165, 1.54) is 11.3 Å². The second-order valence-corrected chi connectivity index (χ2v) is 10.1. The molecule has 5 rings (SSSR count). The molecule has 1 aliphatic carbocycles. The second-order valence-electron chi connectivity index (χ2n) is 8.64. The molecule has 2 heterocycles. The number of rotatable bonds is 6. The van der Waals surface area contributed by atoms with Gasteiger partial charge in [-0.15, -0.1) is 0 Å². The van der Waals surface area contributed by atoms with Gasteiger partial charge >= 0.3 is 5.97 Å². The lowest BCUT2D eigenvalue weighted by Gasteiger charge is -2.25. The van der Waals surface area contributed by atoms with Gasteiger partial charge in [0.1, 0.15) is 0 Å². The number of Topliss-reactive ketones (excluding diaryl/α,β-unsaturated/α-hetero) is 1. The van der Waals surface area contributed by atoms with Crippen molar-refractivity contribution in [3.63, 3.8) is 0 Å². The number of carbonyl (C=O) groups excluding carboxylic acids is 1. The molecule has 2 N–H and O–H groups in total. The van der Waals surface area contributed by atoms with Gasteiger partial charge in [0.05, 0.1) is 27.2 Å². The lowest BCUT2D eigenvalue weighted by Crippen LogP contribution is -2.22. The molecular weight excluding hydrogens is 460 g/mol. The summed E-state index contributed by atoms with van der Waals surface area (Å²) in [6.07, 6.45) is 3.33. The summed E-state index contributed by atoms with van der Waals surface area (Å²) in [6, 6.07) is 11.2. The third kappa shape index (κ3) is 4.45. The number of aromatic nitrogens is 3. The topological polar surface area (TPSA) is 97.1 Å². The molecular formula is C24H23ClN4O3S. The predicted molar refractivity (Wildman–Crippen MR) is 131 cm³/mol. The maximum atomic E-state index is 12.9. The number of imidazole rings is 1. The molecule has 0 saturated heterocycles. The Balaban J connectivity index is 1.32. The van der Waals surface area contributed by atoms with Crippen LogP contribution in [0.4, 0.5) is 11.1 Å². The fourth-order valence-electron chi connectivity index (χ4n) is 4.53. The Morgan fingerprint density at radius 1 is 1.12 bits per heavy atom. The number of nitrogens with zero attached hydrogens (tertiary/aromatic N) is 3. The monoisotopic (exact) mass is 482 g/mol. The Bertz CT molecular complexity index is 1370. The number of thiazole rings is 1. The first-order valence-corrected chi connectivity index (χ1v) is 12.1. The number of carboxylic acid groups (broad SMARTS) is 1. The van der Waals surface area contributed by atoms with Crippen LogP contribution in [0.3, 0.4) is 0 Å². The van der Waals surface area contributed by atoms with E-state index in [-0.39, 0.29) is 17.6 Å². The number of hydrogen-bond donors (Lipinski definition) is 2. The van der Waals surface area contributed by atoms with Gasteiger partial charge in [0.15, 0.2) is 10.9 Å². The molecule has 7 nitrogen and oxygen atoms in total. The van der Waals surface area contributed by atoms with Gasteiger partial charge in [-0.3, -0.25) is 9.59 Å². The van der Waals surface area contributed by atoms with E-state index >= 15 is 0 Å². The average molecular weight is 483 g/mol. The summed E-state index contributed by atoms with van der Waals surface area (Å²) in [4.78, 5) is 33.3. The van der Waals surface area contributed by atoms with E-state index in [0.29, 0.717) is 35.8 Å². The van der Waals surface area contributed by atoms with Crippen LogP contribution in [0.15, 0.2) is 36.4 Å². The number of benzene rings is 2. The summed E-state index contributed by atoms with van der Waals surface area (Å²) in [5.74, 6) is -0.0121. The Kier molecular flexibility index (Phi) is 5.80. The Labute approximate surface area is 199 Å². The van der Waals surface area contributed by atoms with E-state index in [1.807, 2.05) is 48.0 Å². The molecule has 0 bridgehead atoms. The number of carbonyl (C=O) groups is 2. The molecule has 2 aromatic heterocycles. The van der Waals surface area contributed by atoms with Crippen LogP contribution in [0.25, 0.3) is 21.3 Å². The van der Waals surface area contributed by atoms with Crippen molar-refractivity contribution in [3.8, 4) is 0 Å². The number of halogens is 1. The first-order valence-electron chi connectivity index (χ1n) is 10.9. The maximum Gasteiger partial charge on any atom is 0.306 e. The molecule has 170 valence electrons. The molecule has 2 aromatic carbocycles. The quantitative estimate of drug-likeness (QED) is 0.325. The van der Waals surface area contributed by atoms with E-state index in [1.54, 1.807) is 0 Å². The fourth-order valence-corrected chi connectivity index (χ4v) is 5.66. The van der Waals surface area contributed by atoms with Crippen LogP contribution in [-0.2, 0) is 11.8 Å². The summed E-state index contributed by atoms with van der Waals surface area (Å²) in [6.45, 7) is 0. The number of fused-ring (bicyclic) bond motifs is 2. The zero-order chi connectivity index (χ0) is 23.1. The van der Waals surface area contributed by atoms with Crippen molar-refractivity contribution in [2.75, 3.05) is 5.32 Å². The highest BCUT2D eigenvalue weighted by molar-refractivity contribution is 7.22. The number of hydrogen-bond acceptors (Lipinski definition) is 6. The van der Waals surface area contributed by atoms with Crippen LogP contribution in [0.1, 0.15) is 42.5 Å². The van der Waals surface area contributed by atoms with Crippen LogP contribution in [-0.4, -0.2) is 31.4 Å². The number of aliphatic carboxylic acids is 1. The molecule has 33 heavy (non-hydrogen) atoms. The van der Waals surface area contributed by atoms with Crippen LogP contribution < -0.4 is 5.32 Å². The van der Waals surface area contributed by atoms with E-state index < -0.39 is 5.97 Å². The highest BCUT2D eigenvalue weighted by Crippen LogP contribution is 2.33. The lowest BCUT2D eigenvalue weighted by atomic mass is 9.79. The second kappa shape index (κ2) is 8.76. The Morgan fingerprint density at radius 2 is 1.91 bits per heavy atom. The SMILES string of the molecule is Cn1c(Nc2nc3ccc(Cl)cc3s2)nc2cc(C(=O)CC3CCC(C(=O)O)CC3)ccc21. The fraction of sp³-hybridized carbons (Fsp3) is 0.333. The predicted octanol–water partition coefficient (Wildman–Crippen LogP) is 6.04. The Hall–Kier alpha value is -2.97. The normalized spacial score (nSPS) is 18.6. The number of carboxylic acids is 1. The van der Waals surface area contributed by atoms with E-state index in [2.05, 4.69) is 15.3 Å². The minimum Gasteiger partial charge on any atom is -0.481 e. The highest BCUT2D eigenvalue weighted by atomic mass is 35.5. The van der Waals surface area contributed by atoms with E-state index in [9.17, 15) is 9.59 Å². The van der Waals surface area contributed by atoms with E-state index in [4.69, 9.17) is 16.7 Å². The van der Waals surface area contributed by atoms with Crippen molar-refractivity contribution in [1.82, 2.24) is 14.5 Å². The molecule has 0 spiro atoms. The molecule has 9 heteroatoms. The van der Waals surface area contributed by atoms with Gasteiger partial charge in [-0.05, 0) is 68.0 Å². The summed E-state index contributed by atoms with van der Waals surface area (Å²) < 4.78 is 2.93. The molecule has 0 atom stereocenters. The third-order valence-corrected chi connectivity index (χ3v) is 7.61. The van der Waals surface area contributed by atoms with Gasteiger partial charge in [-0.25, -0.2) is 9.97 Å². The van der Waals surface area contributed by atoms with Crippen molar-refractivity contribution in [3.05, 3.63) is 47.0 Å². The molecule has 4 aromatic rings. The maximum absolute atomic E-state index is 12.9. The summed E-state index contributed by atoms with van der Waals surface area (Å²) in [5, 5.41) is 13.8. The minimum absolute atomic E-state index is 0.0823. The van der Waals surface area contributed by atoms with Gasteiger partial charge in [-0.1, -0.05) is 22.9 Å². The minimum atomic E-state index is -0.723. The highest BCUT2D eigenvalue weighted by Gasteiger charge is 2.27. The largest absolute Gasteiger partial charge is 0.481 e. The summed E-state index contributed by atoms with van der Waals surface area (Å²) in [5.41, 5.74) is 3.17. The summed E-state index contributed by atoms with van der Waals surface area (Å²) >= 11 is 7.58. The number of ketones is 1. The molecule has 1 saturated carbocycles. The van der Waals surface area contributed by atoms with Crippen LogP contribution in [0.2, 0.25) is 5.02 Å². The van der Waals surface area contributed by atoms with Crippen molar-refractivity contribution in [2.24, 2.45) is 18.9 Å². The van der Waals surface area contributed by atoms with Crippen molar-refractivity contribution >= 4 is 67.0 Å². The first kappa shape index (κ1) is 21.9. The number of anilines is 2. The molecule has 0 unspecified atom stereocenters. The zero-order valence-electron chi connectivity index (χ0n) is 18.0. The smallest absolute Gasteiger partial charge is 0.306 e. The van der Waals surface area contributed by atoms with Gasteiger partial charge < -0.3 is 15.0 Å². The molecule has 1 fully saturated rings. The van der Waals surface area contributed by atoms with Crippen molar-refractivity contribution < 1.29 is 14.7 Å². The van der Waals surface area contributed by atoms with Crippen LogP contribution in [0, 0.1) is 11.8 Å². The number of nitrogens with one attached hydrogen (secondary N) is 1. The lowest BCUT2D eigenvalue weighted by molar-refractivity contribution is -0.143. The summed E-state index contributed by atoms with van der Waals surface area (Å²) in [7, 11) is 1.92. The van der Waals surface area contributed by atoms with Gasteiger partial charge in [0.2, 0.25) is 5.95 Å². The molecule has 0 aliphatic heterocycles. The average Bonchev–Trinajstić information content (AvgIpc) is 3.33. The zero-order valence-corrected chi connectivity index (χ0v) is 19.6. The van der Waals surface area contributed by atoms with Crippen molar-refractivity contribution in [2.45, 2.75) is 32.1 Å². The van der Waals surface area contributed by atoms with Crippen LogP contribution >= 0.6 is 22.9 Å². The molecule has 1 aliphatic rings. The number of aryl methyl sites for hydroxylation is 1. The standard InChI is InChI=1S/C24H23ClN4O3S/c1-29-19-9-6-15(20(30)10-13-2-4-14(5-3-13)22(31)32)11-18(19)26-23(29)28-24-27-17-8-7-16(25)12-21(17)33-24/h6-9,11-14H,2-5,10H2,1H3,(H,31,32)(H,26,27,28).